The maximum atomic E-state index is 12.8. The average Bonchev–Trinajstić information content (AvgIpc) is 2.78. The number of ketones is 1. The number of esters is 1. The molecule has 1 amide bonds. The molecular weight excluding hydrogens is 444 g/mol. The highest BCUT2D eigenvalue weighted by atomic mass is 35.5. The minimum absolute atomic E-state index is 0.00810. The van der Waals surface area contributed by atoms with Crippen LogP contribution in [0.25, 0.3) is 0 Å². The molecule has 3 rings (SSSR count). The lowest BCUT2D eigenvalue weighted by Crippen LogP contribution is -2.22. The van der Waals surface area contributed by atoms with Gasteiger partial charge in [0.15, 0.2) is 12.4 Å². The number of hydrogen-bond acceptors (Lipinski definition) is 5. The van der Waals surface area contributed by atoms with E-state index in [1.807, 2.05) is 0 Å². The number of nitrogens with one attached hydrogen (secondary N) is 1. The number of carbonyl (C=O) groups is 3. The number of anilines is 1. The summed E-state index contributed by atoms with van der Waals surface area (Å²) in [5.41, 5.74) is 0.765. The van der Waals surface area contributed by atoms with Crippen molar-refractivity contribution in [3.63, 3.8) is 0 Å². The van der Waals surface area contributed by atoms with E-state index in [2.05, 4.69) is 10.1 Å². The van der Waals surface area contributed by atoms with Gasteiger partial charge in [-0.15, -0.1) is 0 Å². The maximum absolute atomic E-state index is 12.8. The Kier molecular flexibility index (Phi) is 7.51. The molecule has 164 valence electrons. The van der Waals surface area contributed by atoms with Gasteiger partial charge in [0.05, 0.1) is 5.56 Å². The molecule has 0 aliphatic carbocycles. The van der Waals surface area contributed by atoms with Gasteiger partial charge in [-0.2, -0.15) is 8.78 Å². The first-order valence-corrected chi connectivity index (χ1v) is 9.62. The molecule has 0 saturated carbocycles. The van der Waals surface area contributed by atoms with Crippen LogP contribution in [0.2, 0.25) is 5.02 Å². The third kappa shape index (κ3) is 6.12. The van der Waals surface area contributed by atoms with E-state index in [1.165, 1.54) is 48.5 Å². The summed E-state index contributed by atoms with van der Waals surface area (Å²) >= 11 is 5.84. The molecule has 3 aromatic carbocycles. The van der Waals surface area contributed by atoms with Gasteiger partial charge in [-0.3, -0.25) is 9.59 Å². The zero-order valence-corrected chi connectivity index (χ0v) is 17.1. The van der Waals surface area contributed by atoms with Crippen molar-refractivity contribution in [3.8, 4) is 5.75 Å². The third-order valence-corrected chi connectivity index (χ3v) is 4.45. The highest BCUT2D eigenvalue weighted by Gasteiger charge is 2.20. The van der Waals surface area contributed by atoms with Crippen molar-refractivity contribution < 1.29 is 32.6 Å². The first-order chi connectivity index (χ1) is 15.3. The number of amides is 1. The van der Waals surface area contributed by atoms with Crippen LogP contribution in [0.15, 0.2) is 72.8 Å². The van der Waals surface area contributed by atoms with Crippen molar-refractivity contribution in [1.82, 2.24) is 0 Å². The molecule has 0 spiro atoms. The number of alkyl halides is 2. The Hall–Kier alpha value is -3.78. The van der Waals surface area contributed by atoms with Crippen LogP contribution >= 0.6 is 11.6 Å². The molecule has 0 aromatic heterocycles. The van der Waals surface area contributed by atoms with E-state index in [0.29, 0.717) is 16.3 Å². The van der Waals surface area contributed by atoms with Gasteiger partial charge in [0.25, 0.3) is 5.91 Å². The smallest absolute Gasteiger partial charge is 0.387 e. The van der Waals surface area contributed by atoms with Crippen molar-refractivity contribution in [2.45, 2.75) is 6.61 Å². The van der Waals surface area contributed by atoms with E-state index in [-0.39, 0.29) is 16.9 Å². The number of rotatable bonds is 8. The summed E-state index contributed by atoms with van der Waals surface area (Å²) in [5, 5.41) is 2.93. The molecular formula is C23H16ClF2NO5. The molecule has 0 bridgehead atoms. The standard InChI is InChI=1S/C23H16ClF2NO5/c24-15-7-5-14(6-8-15)21(29)18-3-1-2-4-19(18)22(30)31-13-20(28)27-16-9-11-17(12-10-16)32-23(25)26/h1-12,23H,13H2,(H,27,28). The van der Waals surface area contributed by atoms with Gasteiger partial charge in [-0.1, -0.05) is 29.8 Å². The minimum Gasteiger partial charge on any atom is -0.452 e. The van der Waals surface area contributed by atoms with Gasteiger partial charge in [-0.25, -0.2) is 4.79 Å². The molecule has 0 saturated heterocycles. The SMILES string of the molecule is O=C(COC(=O)c1ccccc1C(=O)c1ccc(Cl)cc1)Nc1ccc(OC(F)F)cc1. The van der Waals surface area contributed by atoms with Crippen molar-refractivity contribution in [2.24, 2.45) is 0 Å². The first-order valence-electron chi connectivity index (χ1n) is 9.24. The van der Waals surface area contributed by atoms with E-state index in [4.69, 9.17) is 16.3 Å². The van der Waals surface area contributed by atoms with E-state index < -0.39 is 30.9 Å². The molecule has 6 nitrogen and oxygen atoms in total. The average molecular weight is 460 g/mol. The van der Waals surface area contributed by atoms with Crippen LogP contribution < -0.4 is 10.1 Å². The third-order valence-electron chi connectivity index (χ3n) is 4.20. The van der Waals surface area contributed by atoms with E-state index in [0.717, 1.165) is 0 Å². The quantitative estimate of drug-likeness (QED) is 0.380. The molecule has 3 aromatic rings. The molecule has 0 unspecified atom stereocenters. The van der Waals surface area contributed by atoms with Crippen LogP contribution in [0.4, 0.5) is 14.5 Å². The lowest BCUT2D eigenvalue weighted by molar-refractivity contribution is -0.119. The van der Waals surface area contributed by atoms with E-state index >= 15 is 0 Å². The summed E-state index contributed by atoms with van der Waals surface area (Å²) in [6, 6.07) is 17.5. The summed E-state index contributed by atoms with van der Waals surface area (Å²) in [5.74, 6) is -1.96. The molecule has 1 N–H and O–H groups in total. The molecule has 9 heteroatoms. The van der Waals surface area contributed by atoms with Crippen LogP contribution in [0, 0.1) is 0 Å². The van der Waals surface area contributed by atoms with Crippen LogP contribution in [0.5, 0.6) is 5.75 Å². The Morgan fingerprint density at radius 3 is 2.12 bits per heavy atom. The maximum Gasteiger partial charge on any atom is 0.387 e. The van der Waals surface area contributed by atoms with Gasteiger partial charge < -0.3 is 14.8 Å². The summed E-state index contributed by atoms with van der Waals surface area (Å²) in [6.45, 7) is -3.57. The molecule has 0 fully saturated rings. The monoisotopic (exact) mass is 459 g/mol. The number of benzene rings is 3. The second-order valence-electron chi connectivity index (χ2n) is 6.41. The predicted molar refractivity (Wildman–Crippen MR) is 113 cm³/mol. The topological polar surface area (TPSA) is 81.7 Å². The van der Waals surface area contributed by atoms with E-state index in [1.54, 1.807) is 24.3 Å². The van der Waals surface area contributed by atoms with Gasteiger partial charge in [0.2, 0.25) is 0 Å². The van der Waals surface area contributed by atoms with Crippen molar-refractivity contribution in [2.75, 3.05) is 11.9 Å². The molecule has 0 atom stereocenters. The Labute approximate surface area is 186 Å². The zero-order chi connectivity index (χ0) is 23.1. The molecule has 0 aliphatic heterocycles. The highest BCUT2D eigenvalue weighted by molar-refractivity contribution is 6.30. The molecule has 32 heavy (non-hydrogen) atoms. The lowest BCUT2D eigenvalue weighted by atomic mass is 9.98. The zero-order valence-electron chi connectivity index (χ0n) is 16.4. The highest BCUT2D eigenvalue weighted by Crippen LogP contribution is 2.19. The molecule has 0 heterocycles. The van der Waals surface area contributed by atoms with Gasteiger partial charge in [0.1, 0.15) is 5.75 Å². The number of halogens is 3. The number of carbonyl (C=O) groups excluding carboxylic acids is 3. The summed E-state index contributed by atoms with van der Waals surface area (Å²) in [7, 11) is 0. The first kappa shape index (κ1) is 22.9. The minimum atomic E-state index is -2.95. The number of ether oxygens (including phenoxy) is 2. The van der Waals surface area contributed by atoms with Crippen LogP contribution in [-0.2, 0) is 9.53 Å². The summed E-state index contributed by atoms with van der Waals surface area (Å²) in [6.07, 6.45) is 0. The van der Waals surface area contributed by atoms with E-state index in [9.17, 15) is 23.2 Å². The Balaban J connectivity index is 1.62. The summed E-state index contributed by atoms with van der Waals surface area (Å²) in [4.78, 5) is 37.3. The Bertz CT molecular complexity index is 1120. The fourth-order valence-electron chi connectivity index (χ4n) is 2.74. The van der Waals surface area contributed by atoms with Crippen LogP contribution in [0.3, 0.4) is 0 Å². The van der Waals surface area contributed by atoms with Gasteiger partial charge >= 0.3 is 12.6 Å². The molecule has 0 aliphatic rings. The van der Waals surface area contributed by atoms with Crippen LogP contribution in [-0.4, -0.2) is 30.9 Å². The Morgan fingerprint density at radius 2 is 1.50 bits per heavy atom. The molecule has 0 radical (unpaired) electrons. The number of hydrogen-bond donors (Lipinski definition) is 1. The predicted octanol–water partition coefficient (Wildman–Crippen LogP) is 4.97. The second kappa shape index (κ2) is 10.5. The van der Waals surface area contributed by atoms with Crippen LogP contribution in [0.1, 0.15) is 26.3 Å². The van der Waals surface area contributed by atoms with Crippen molar-refractivity contribution in [1.29, 1.82) is 0 Å². The van der Waals surface area contributed by atoms with Gasteiger partial charge in [0, 0.05) is 21.8 Å². The lowest BCUT2D eigenvalue weighted by Gasteiger charge is -2.10. The van der Waals surface area contributed by atoms with Crippen molar-refractivity contribution >= 4 is 34.9 Å². The van der Waals surface area contributed by atoms with Crippen molar-refractivity contribution in [3.05, 3.63) is 94.5 Å². The normalized spacial score (nSPS) is 10.5. The largest absolute Gasteiger partial charge is 0.452 e. The fourth-order valence-corrected chi connectivity index (χ4v) is 2.87. The fraction of sp³-hybridized carbons (Fsp3) is 0.0870. The second-order valence-corrected chi connectivity index (χ2v) is 6.85. The summed E-state index contributed by atoms with van der Waals surface area (Å²) < 4.78 is 33.6. The van der Waals surface area contributed by atoms with Gasteiger partial charge in [-0.05, 0) is 54.6 Å². The Morgan fingerprint density at radius 1 is 0.875 bits per heavy atom.